The van der Waals surface area contributed by atoms with Crippen molar-refractivity contribution in [1.29, 1.82) is 0 Å². The van der Waals surface area contributed by atoms with E-state index in [1.165, 1.54) is 6.07 Å². The number of halogens is 1. The van der Waals surface area contributed by atoms with Crippen LogP contribution in [0.3, 0.4) is 0 Å². The molecule has 1 aliphatic rings. The molecular weight excluding hydrogens is 267 g/mol. The minimum Gasteiger partial charge on any atom is -0.324 e. The second kappa shape index (κ2) is 6.12. The Morgan fingerprint density at radius 2 is 2.14 bits per heavy atom. The minimum atomic E-state index is -0.231. The van der Waals surface area contributed by atoms with E-state index < -0.39 is 0 Å². The third-order valence-corrected chi connectivity index (χ3v) is 4.06. The number of benzene rings is 1. The van der Waals surface area contributed by atoms with Gasteiger partial charge in [0, 0.05) is 19.1 Å². The Kier molecular flexibility index (Phi) is 4.22. The van der Waals surface area contributed by atoms with Gasteiger partial charge >= 0.3 is 0 Å². The van der Waals surface area contributed by atoms with E-state index in [1.54, 1.807) is 6.07 Å². The van der Waals surface area contributed by atoms with Crippen molar-refractivity contribution in [1.82, 2.24) is 19.8 Å². The lowest BCUT2D eigenvalue weighted by atomic mass is 10.3. The molecule has 2 heterocycles. The maximum Gasteiger partial charge on any atom is 0.151 e. The molecule has 0 aliphatic carbocycles. The lowest BCUT2D eigenvalue weighted by Crippen LogP contribution is -2.29. The van der Waals surface area contributed by atoms with Crippen molar-refractivity contribution in [2.75, 3.05) is 26.2 Å². The van der Waals surface area contributed by atoms with Gasteiger partial charge in [-0.1, -0.05) is 6.07 Å². The summed E-state index contributed by atoms with van der Waals surface area (Å²) in [7, 11) is 0. The summed E-state index contributed by atoms with van der Waals surface area (Å²) in [4.78, 5) is 6.98. The monoisotopic (exact) mass is 290 g/mol. The second-order valence-corrected chi connectivity index (χ2v) is 5.98. The van der Waals surface area contributed by atoms with E-state index in [9.17, 15) is 4.39 Å². The maximum absolute atomic E-state index is 14.0. The Morgan fingerprint density at radius 1 is 1.29 bits per heavy atom. The summed E-state index contributed by atoms with van der Waals surface area (Å²) in [5.74, 6) is 0.734. The van der Waals surface area contributed by atoms with E-state index in [0.29, 0.717) is 5.52 Å². The molecule has 1 aromatic heterocycles. The average Bonchev–Trinajstić information content (AvgIpc) is 2.63. The van der Waals surface area contributed by atoms with Crippen LogP contribution in [0.5, 0.6) is 0 Å². The highest BCUT2D eigenvalue weighted by molar-refractivity contribution is 5.76. The first-order valence-corrected chi connectivity index (χ1v) is 7.75. The fourth-order valence-electron chi connectivity index (χ4n) is 3.08. The number of nitrogens with zero attached hydrogens (tertiary/aromatic N) is 3. The Morgan fingerprint density at radius 3 is 2.95 bits per heavy atom. The number of hydrogen-bond acceptors (Lipinski definition) is 3. The standard InChI is InChI=1S/C16H23FN4/c1-12(2)21-14-6-3-5-13(17)16(14)19-15(21)11-20-9-4-7-18-8-10-20/h3,5-6,12,18H,4,7-11H2,1-2H3. The van der Waals surface area contributed by atoms with E-state index in [-0.39, 0.29) is 11.9 Å². The highest BCUT2D eigenvalue weighted by atomic mass is 19.1. The molecule has 1 fully saturated rings. The van der Waals surface area contributed by atoms with Gasteiger partial charge in [-0.15, -0.1) is 0 Å². The highest BCUT2D eigenvalue weighted by Crippen LogP contribution is 2.24. The lowest BCUT2D eigenvalue weighted by molar-refractivity contribution is 0.271. The smallest absolute Gasteiger partial charge is 0.151 e. The summed E-state index contributed by atoms with van der Waals surface area (Å²) in [6, 6.07) is 5.48. The largest absolute Gasteiger partial charge is 0.324 e. The van der Waals surface area contributed by atoms with Gasteiger partial charge in [0.15, 0.2) is 5.82 Å². The molecule has 0 radical (unpaired) electrons. The van der Waals surface area contributed by atoms with Crippen LogP contribution in [0.4, 0.5) is 4.39 Å². The lowest BCUT2D eigenvalue weighted by Gasteiger charge is -2.21. The molecule has 4 nitrogen and oxygen atoms in total. The Hall–Kier alpha value is -1.46. The van der Waals surface area contributed by atoms with Crippen LogP contribution in [0.25, 0.3) is 11.0 Å². The molecule has 1 aromatic carbocycles. The quantitative estimate of drug-likeness (QED) is 0.943. The van der Waals surface area contributed by atoms with E-state index in [1.807, 2.05) is 6.07 Å². The molecule has 0 atom stereocenters. The van der Waals surface area contributed by atoms with Gasteiger partial charge in [-0.05, 0) is 45.5 Å². The van der Waals surface area contributed by atoms with Crippen LogP contribution in [0.2, 0.25) is 0 Å². The molecule has 21 heavy (non-hydrogen) atoms. The molecule has 0 amide bonds. The fourth-order valence-corrected chi connectivity index (χ4v) is 3.08. The molecular formula is C16H23FN4. The van der Waals surface area contributed by atoms with Crippen LogP contribution in [-0.4, -0.2) is 40.6 Å². The van der Waals surface area contributed by atoms with Crippen molar-refractivity contribution in [3.63, 3.8) is 0 Å². The topological polar surface area (TPSA) is 33.1 Å². The zero-order valence-corrected chi connectivity index (χ0v) is 12.8. The predicted octanol–water partition coefficient (Wildman–Crippen LogP) is 2.55. The van der Waals surface area contributed by atoms with Gasteiger partial charge in [-0.3, -0.25) is 4.90 Å². The Labute approximate surface area is 125 Å². The first-order valence-electron chi connectivity index (χ1n) is 7.75. The van der Waals surface area contributed by atoms with E-state index >= 15 is 0 Å². The summed E-state index contributed by atoms with van der Waals surface area (Å²) in [6.45, 7) is 9.20. The van der Waals surface area contributed by atoms with E-state index in [4.69, 9.17) is 0 Å². The van der Waals surface area contributed by atoms with Crippen molar-refractivity contribution in [3.8, 4) is 0 Å². The van der Waals surface area contributed by atoms with Crippen molar-refractivity contribution in [2.24, 2.45) is 0 Å². The number of hydrogen-bond donors (Lipinski definition) is 1. The van der Waals surface area contributed by atoms with Gasteiger partial charge < -0.3 is 9.88 Å². The average molecular weight is 290 g/mol. The zero-order chi connectivity index (χ0) is 14.8. The van der Waals surface area contributed by atoms with Crippen molar-refractivity contribution < 1.29 is 4.39 Å². The Balaban J connectivity index is 1.96. The SMILES string of the molecule is CC(C)n1c(CN2CCCNCC2)nc2c(F)cccc21. The zero-order valence-electron chi connectivity index (χ0n) is 12.8. The number of nitrogens with one attached hydrogen (secondary N) is 1. The molecule has 1 N–H and O–H groups in total. The predicted molar refractivity (Wildman–Crippen MR) is 82.8 cm³/mol. The fraction of sp³-hybridized carbons (Fsp3) is 0.562. The van der Waals surface area contributed by atoms with Crippen LogP contribution >= 0.6 is 0 Å². The summed E-state index contributed by atoms with van der Waals surface area (Å²) >= 11 is 0. The van der Waals surface area contributed by atoms with E-state index in [2.05, 4.69) is 33.6 Å². The number of aromatic nitrogens is 2. The third-order valence-electron chi connectivity index (χ3n) is 4.06. The van der Waals surface area contributed by atoms with Crippen molar-refractivity contribution in [2.45, 2.75) is 32.9 Å². The molecule has 1 aliphatic heterocycles. The number of fused-ring (bicyclic) bond motifs is 1. The number of para-hydroxylation sites is 1. The normalized spacial score (nSPS) is 17.5. The molecule has 1 saturated heterocycles. The minimum absolute atomic E-state index is 0.231. The number of imidazole rings is 1. The van der Waals surface area contributed by atoms with Crippen LogP contribution < -0.4 is 5.32 Å². The Bertz CT molecular complexity index is 612. The molecule has 114 valence electrons. The van der Waals surface area contributed by atoms with Gasteiger partial charge in [0.2, 0.25) is 0 Å². The molecule has 0 spiro atoms. The first kappa shape index (κ1) is 14.5. The molecule has 3 rings (SSSR count). The molecule has 2 aromatic rings. The van der Waals surface area contributed by atoms with E-state index in [0.717, 1.165) is 50.5 Å². The van der Waals surface area contributed by atoms with Gasteiger partial charge in [-0.25, -0.2) is 9.37 Å². The van der Waals surface area contributed by atoms with Gasteiger partial charge in [-0.2, -0.15) is 0 Å². The summed E-state index contributed by atoms with van der Waals surface area (Å²) < 4.78 is 16.2. The molecule has 0 bridgehead atoms. The first-order chi connectivity index (χ1) is 10.2. The third kappa shape index (κ3) is 2.94. The van der Waals surface area contributed by atoms with Crippen molar-refractivity contribution in [3.05, 3.63) is 29.8 Å². The highest BCUT2D eigenvalue weighted by Gasteiger charge is 2.18. The molecule has 5 heteroatoms. The summed E-state index contributed by atoms with van der Waals surface area (Å²) in [5.41, 5.74) is 1.39. The van der Waals surface area contributed by atoms with Gasteiger partial charge in [0.05, 0.1) is 12.1 Å². The van der Waals surface area contributed by atoms with Crippen molar-refractivity contribution >= 4 is 11.0 Å². The van der Waals surface area contributed by atoms with Crippen LogP contribution in [0.15, 0.2) is 18.2 Å². The maximum atomic E-state index is 14.0. The van der Waals surface area contributed by atoms with Crippen LogP contribution in [0, 0.1) is 5.82 Å². The second-order valence-electron chi connectivity index (χ2n) is 5.98. The molecule has 0 saturated carbocycles. The van der Waals surface area contributed by atoms with Gasteiger partial charge in [0.25, 0.3) is 0 Å². The molecule has 0 unspecified atom stereocenters. The van der Waals surface area contributed by atoms with Gasteiger partial charge in [0.1, 0.15) is 11.3 Å². The van der Waals surface area contributed by atoms with Crippen LogP contribution in [0.1, 0.15) is 32.1 Å². The summed E-state index contributed by atoms with van der Waals surface area (Å²) in [6.07, 6.45) is 1.15. The van der Waals surface area contributed by atoms with Crippen LogP contribution in [-0.2, 0) is 6.54 Å². The number of rotatable bonds is 3. The summed E-state index contributed by atoms with van der Waals surface area (Å²) in [5, 5.41) is 3.41.